The Kier molecular flexibility index (Phi) is 48.8. The quantitative estimate of drug-likeness (QED) is 0.0262. The molecule has 1 unspecified atom stereocenters. The van der Waals surface area contributed by atoms with E-state index >= 15 is 0 Å². The fourth-order valence-electron chi connectivity index (χ4n) is 7.89. The molecule has 0 aliphatic rings. The molecule has 0 aromatic heterocycles. The highest BCUT2D eigenvalue weighted by Crippen LogP contribution is 2.16. The number of hydrogen-bond donors (Lipinski definition) is 0. The molecule has 358 valence electrons. The lowest BCUT2D eigenvalue weighted by Crippen LogP contribution is -2.30. The van der Waals surface area contributed by atoms with Crippen LogP contribution in [0.3, 0.4) is 0 Å². The topological polar surface area (TPSA) is 78.9 Å². The minimum atomic E-state index is -0.764. The number of carbonyl (C=O) groups excluding carboxylic acids is 3. The van der Waals surface area contributed by atoms with Gasteiger partial charge in [0.1, 0.15) is 13.2 Å². The van der Waals surface area contributed by atoms with Gasteiger partial charge in [-0.05, 0) is 51.4 Å². The van der Waals surface area contributed by atoms with Gasteiger partial charge in [0.2, 0.25) is 0 Å². The third-order valence-electron chi connectivity index (χ3n) is 12.0. The summed E-state index contributed by atoms with van der Waals surface area (Å²) >= 11 is 0. The average molecular weight is 859 g/mol. The van der Waals surface area contributed by atoms with Gasteiger partial charge < -0.3 is 14.2 Å². The molecule has 0 heterocycles. The van der Waals surface area contributed by atoms with Gasteiger partial charge >= 0.3 is 17.9 Å². The van der Waals surface area contributed by atoms with Crippen LogP contribution in [-0.4, -0.2) is 37.2 Å². The van der Waals surface area contributed by atoms with Crippen molar-refractivity contribution in [1.82, 2.24) is 0 Å². The number of rotatable bonds is 49. The van der Waals surface area contributed by atoms with Crippen molar-refractivity contribution in [2.24, 2.45) is 0 Å². The lowest BCUT2D eigenvalue weighted by atomic mass is 10.0. The Hall–Kier alpha value is -2.11. The molecule has 0 amide bonds. The van der Waals surface area contributed by atoms with Gasteiger partial charge in [-0.1, -0.05) is 244 Å². The first-order valence-corrected chi connectivity index (χ1v) is 26.8. The fourth-order valence-corrected chi connectivity index (χ4v) is 7.89. The Bertz CT molecular complexity index is 989. The van der Waals surface area contributed by atoms with Crippen LogP contribution in [-0.2, 0) is 28.6 Å². The van der Waals surface area contributed by atoms with Gasteiger partial charge in [-0.15, -0.1) is 0 Å². The van der Waals surface area contributed by atoms with Gasteiger partial charge in [0.05, 0.1) is 0 Å². The molecule has 0 bridgehead atoms. The van der Waals surface area contributed by atoms with Gasteiger partial charge in [0.25, 0.3) is 0 Å². The summed E-state index contributed by atoms with van der Waals surface area (Å²) in [6.07, 6.45) is 57.6. The zero-order chi connectivity index (χ0) is 44.4. The van der Waals surface area contributed by atoms with Crippen LogP contribution in [0.25, 0.3) is 0 Å². The van der Waals surface area contributed by atoms with E-state index in [-0.39, 0.29) is 31.1 Å². The summed E-state index contributed by atoms with van der Waals surface area (Å²) in [5.74, 6) is -0.862. The summed E-state index contributed by atoms with van der Waals surface area (Å²) in [5, 5.41) is 0. The molecule has 0 rings (SSSR count). The van der Waals surface area contributed by atoms with E-state index in [4.69, 9.17) is 14.2 Å². The highest BCUT2D eigenvalue weighted by molar-refractivity contribution is 5.71. The van der Waals surface area contributed by atoms with E-state index in [2.05, 4.69) is 45.1 Å². The molecule has 61 heavy (non-hydrogen) atoms. The van der Waals surface area contributed by atoms with Gasteiger partial charge in [0, 0.05) is 19.3 Å². The van der Waals surface area contributed by atoms with Crippen LogP contribution in [0.5, 0.6) is 0 Å². The first-order valence-electron chi connectivity index (χ1n) is 26.8. The average Bonchev–Trinajstić information content (AvgIpc) is 3.26. The van der Waals surface area contributed by atoms with E-state index in [0.29, 0.717) is 19.3 Å². The Balaban J connectivity index is 4.13. The van der Waals surface area contributed by atoms with Crippen molar-refractivity contribution >= 4 is 17.9 Å². The number of esters is 3. The maximum atomic E-state index is 12.7. The van der Waals surface area contributed by atoms with Crippen LogP contribution in [0, 0.1) is 0 Å². The standard InChI is InChI=1S/C55H102O6/c1-4-7-10-13-16-18-20-22-23-24-25-26-27-28-29-30-31-33-34-36-39-42-45-48-54(57)60-51-52(50-59-53(56)47-44-41-38-15-12-9-6-3)61-55(58)49-46-43-40-37-35-32-21-19-17-14-11-8-5-2/h20,22,24-25,52H,4-19,21,23,26-51H2,1-3H3/b22-20-,25-24-. The Labute approximate surface area is 379 Å². The predicted octanol–water partition coefficient (Wildman–Crippen LogP) is 17.5. The zero-order valence-electron chi connectivity index (χ0n) is 40.9. The molecule has 0 spiro atoms. The molecule has 0 aromatic rings. The fraction of sp³-hybridized carbons (Fsp3) is 0.873. The largest absolute Gasteiger partial charge is 0.462 e. The molecule has 0 radical (unpaired) electrons. The first-order chi connectivity index (χ1) is 30.0. The van der Waals surface area contributed by atoms with Crippen LogP contribution in [0.15, 0.2) is 24.3 Å². The maximum absolute atomic E-state index is 12.7. The third kappa shape index (κ3) is 48.8. The monoisotopic (exact) mass is 859 g/mol. The van der Waals surface area contributed by atoms with Crippen molar-refractivity contribution in [3.8, 4) is 0 Å². The lowest BCUT2D eigenvalue weighted by molar-refractivity contribution is -0.167. The molecule has 0 fully saturated rings. The number of hydrogen-bond acceptors (Lipinski definition) is 6. The summed E-state index contributed by atoms with van der Waals surface area (Å²) in [6, 6.07) is 0. The normalized spacial score (nSPS) is 12.1. The summed E-state index contributed by atoms with van der Waals surface area (Å²) < 4.78 is 16.7. The Morgan fingerprint density at radius 3 is 0.902 bits per heavy atom. The molecule has 0 saturated carbocycles. The van der Waals surface area contributed by atoms with Crippen molar-refractivity contribution in [2.45, 2.75) is 297 Å². The van der Waals surface area contributed by atoms with Crippen molar-refractivity contribution in [2.75, 3.05) is 13.2 Å². The number of allylic oxidation sites excluding steroid dienone is 4. The summed E-state index contributed by atoms with van der Waals surface area (Å²) in [7, 11) is 0. The number of carbonyl (C=O) groups is 3. The smallest absolute Gasteiger partial charge is 0.306 e. The Morgan fingerprint density at radius 2 is 0.590 bits per heavy atom. The number of ether oxygens (including phenoxy) is 3. The van der Waals surface area contributed by atoms with Crippen molar-refractivity contribution in [3.63, 3.8) is 0 Å². The molecular weight excluding hydrogens is 757 g/mol. The first kappa shape index (κ1) is 58.9. The molecule has 0 saturated heterocycles. The van der Waals surface area contributed by atoms with Gasteiger partial charge in [0.15, 0.2) is 6.10 Å². The predicted molar refractivity (Wildman–Crippen MR) is 261 cm³/mol. The van der Waals surface area contributed by atoms with Crippen LogP contribution in [0.1, 0.15) is 290 Å². The summed E-state index contributed by atoms with van der Waals surface area (Å²) in [4.78, 5) is 37.8. The third-order valence-corrected chi connectivity index (χ3v) is 12.0. The van der Waals surface area contributed by atoms with E-state index in [1.807, 2.05) is 0 Å². The minimum Gasteiger partial charge on any atom is -0.462 e. The molecule has 6 nitrogen and oxygen atoms in total. The van der Waals surface area contributed by atoms with E-state index in [1.54, 1.807) is 0 Å². The Morgan fingerprint density at radius 1 is 0.328 bits per heavy atom. The highest BCUT2D eigenvalue weighted by atomic mass is 16.6. The van der Waals surface area contributed by atoms with Crippen molar-refractivity contribution in [3.05, 3.63) is 24.3 Å². The molecule has 0 aromatic carbocycles. The second-order valence-corrected chi connectivity index (χ2v) is 18.2. The van der Waals surface area contributed by atoms with Gasteiger partial charge in [-0.25, -0.2) is 0 Å². The highest BCUT2D eigenvalue weighted by Gasteiger charge is 2.19. The van der Waals surface area contributed by atoms with Crippen molar-refractivity contribution < 1.29 is 28.6 Å². The number of unbranched alkanes of at least 4 members (excludes halogenated alkanes) is 34. The molecule has 1 atom stereocenters. The molecule has 0 aliphatic heterocycles. The SMILES string of the molecule is CCCCCCC/C=C\C/C=C\CCCCCCCCCCCCCC(=O)OCC(COC(=O)CCCCCCCCC)OC(=O)CCCCCCCCCCCCCCC. The summed E-state index contributed by atoms with van der Waals surface area (Å²) in [6.45, 7) is 6.61. The molecular formula is C55H102O6. The van der Waals surface area contributed by atoms with Crippen molar-refractivity contribution in [1.29, 1.82) is 0 Å². The van der Waals surface area contributed by atoms with Crippen LogP contribution in [0.4, 0.5) is 0 Å². The molecule has 6 heteroatoms. The van der Waals surface area contributed by atoms with Gasteiger partial charge in [-0.3, -0.25) is 14.4 Å². The van der Waals surface area contributed by atoms with Crippen LogP contribution >= 0.6 is 0 Å². The molecule has 0 N–H and O–H groups in total. The summed E-state index contributed by atoms with van der Waals surface area (Å²) in [5.41, 5.74) is 0. The second kappa shape index (κ2) is 50.5. The van der Waals surface area contributed by atoms with Crippen LogP contribution in [0.2, 0.25) is 0 Å². The lowest BCUT2D eigenvalue weighted by Gasteiger charge is -2.18. The van der Waals surface area contributed by atoms with E-state index in [0.717, 1.165) is 64.2 Å². The zero-order valence-corrected chi connectivity index (χ0v) is 40.9. The second-order valence-electron chi connectivity index (χ2n) is 18.2. The molecule has 0 aliphatic carbocycles. The maximum Gasteiger partial charge on any atom is 0.306 e. The van der Waals surface area contributed by atoms with E-state index < -0.39 is 6.10 Å². The minimum absolute atomic E-state index is 0.0677. The van der Waals surface area contributed by atoms with Crippen LogP contribution < -0.4 is 0 Å². The van der Waals surface area contributed by atoms with E-state index in [9.17, 15) is 14.4 Å². The van der Waals surface area contributed by atoms with E-state index in [1.165, 1.54) is 186 Å². The van der Waals surface area contributed by atoms with Gasteiger partial charge in [-0.2, -0.15) is 0 Å².